The number of ether oxygens (including phenoxy) is 3. The number of unbranched alkanes of at least 4 members (excludes halogenated alkanes) is 10. The molecule has 0 aliphatic rings. The maximum atomic E-state index is 12.9. The molecular weight excluding hydrogens is 973 g/mol. The number of carbonyl (C=O) groups is 3. The minimum atomic E-state index is -0.836. The van der Waals surface area contributed by atoms with Crippen molar-refractivity contribution in [2.75, 3.05) is 13.2 Å². The van der Waals surface area contributed by atoms with E-state index in [1.54, 1.807) is 0 Å². The van der Waals surface area contributed by atoms with Crippen LogP contribution in [-0.2, 0) is 28.6 Å². The molecule has 0 aliphatic heterocycles. The lowest BCUT2D eigenvalue weighted by molar-refractivity contribution is -0.166. The van der Waals surface area contributed by atoms with Gasteiger partial charge in [-0.05, 0) is 148 Å². The van der Waals surface area contributed by atoms with Gasteiger partial charge in [-0.2, -0.15) is 0 Å². The smallest absolute Gasteiger partial charge is 0.306 e. The molecule has 0 N–H and O–H groups in total. The molecule has 0 aromatic rings. The van der Waals surface area contributed by atoms with Crippen molar-refractivity contribution in [3.05, 3.63) is 194 Å². The minimum absolute atomic E-state index is 0.128. The van der Waals surface area contributed by atoms with Gasteiger partial charge in [0.1, 0.15) is 13.2 Å². The first kappa shape index (κ1) is 73.2. The Kier molecular flexibility index (Phi) is 60.1. The lowest BCUT2D eigenvalue weighted by Gasteiger charge is -2.18. The first-order valence-electron chi connectivity index (χ1n) is 30.9. The van der Waals surface area contributed by atoms with Crippen LogP contribution in [0.4, 0.5) is 0 Å². The third-order valence-electron chi connectivity index (χ3n) is 12.1. The second-order valence-electron chi connectivity index (χ2n) is 19.5. The van der Waals surface area contributed by atoms with E-state index in [1.165, 1.54) is 0 Å². The molecule has 79 heavy (non-hydrogen) atoms. The highest BCUT2D eigenvalue weighted by Gasteiger charge is 2.19. The van der Waals surface area contributed by atoms with Gasteiger partial charge in [0.15, 0.2) is 6.10 Å². The van der Waals surface area contributed by atoms with E-state index < -0.39 is 6.10 Å². The average molecular weight is 1080 g/mol. The standard InChI is InChI=1S/C73H110O6/c1-4-7-10-13-16-19-22-25-27-28-29-30-31-32-33-34-35-36-37-38-39-40-41-42-43-44-46-48-51-54-57-60-63-66-72(75)78-69-70(68-77-71(74)65-62-59-56-53-50-47-24-21-18-15-12-9-6-3)79-73(76)67-64-61-58-55-52-49-45-26-23-20-17-14-11-8-5-2/h7-12,16-21,25-27,29-30,32-33,35-36,38-39,41-42,44-47,50,56,59,70H,4-6,13-15,22-24,28,31,34,37,40,43,48-49,51-55,57-58,60-69H2,1-3H3/b10-7-,11-8-,12-9-,19-16-,20-17-,21-18-,27-25-,30-29-,33-32-,36-35-,39-38-,42-41-,45-26-,46-44-,50-47-,59-56-. The average Bonchev–Trinajstić information content (AvgIpc) is 3.45. The third kappa shape index (κ3) is 63.0. The summed E-state index contributed by atoms with van der Waals surface area (Å²) < 4.78 is 16.8. The molecule has 0 radical (unpaired) electrons. The van der Waals surface area contributed by atoms with Crippen LogP contribution in [0.3, 0.4) is 0 Å². The Morgan fingerprint density at radius 2 is 0.481 bits per heavy atom. The molecule has 0 rings (SSSR count). The van der Waals surface area contributed by atoms with Crippen molar-refractivity contribution >= 4 is 17.9 Å². The molecule has 0 saturated carbocycles. The largest absolute Gasteiger partial charge is 0.462 e. The SMILES string of the molecule is CC/C=C\C/C=C\C/C=C\C/C=C\C/C=C\C/C=C\C/C=C\C/C=C\C/C=C\CCCCCCCC(=O)OCC(COC(=O)CC/C=C\C/C=C\C/C=C\C/C=C\CC)OC(=O)CCCCCCC/C=C\C/C=C\C/C=C\CC. The Morgan fingerprint density at radius 1 is 0.253 bits per heavy atom. The van der Waals surface area contributed by atoms with E-state index in [-0.39, 0.29) is 44.0 Å². The van der Waals surface area contributed by atoms with Gasteiger partial charge in [-0.15, -0.1) is 0 Å². The molecule has 1 unspecified atom stereocenters. The molecule has 1 atom stereocenters. The number of allylic oxidation sites excluding steroid dienone is 32. The summed E-state index contributed by atoms with van der Waals surface area (Å²) in [7, 11) is 0. The van der Waals surface area contributed by atoms with E-state index >= 15 is 0 Å². The van der Waals surface area contributed by atoms with E-state index in [4.69, 9.17) is 14.2 Å². The Hall–Kier alpha value is -5.75. The first-order valence-corrected chi connectivity index (χ1v) is 30.9. The monoisotopic (exact) mass is 1080 g/mol. The number of hydrogen-bond acceptors (Lipinski definition) is 6. The van der Waals surface area contributed by atoms with E-state index in [0.717, 1.165) is 180 Å². The van der Waals surface area contributed by atoms with Gasteiger partial charge in [0.25, 0.3) is 0 Å². The summed E-state index contributed by atoms with van der Waals surface area (Å²) in [5.41, 5.74) is 0. The molecule has 6 heteroatoms. The van der Waals surface area contributed by atoms with Gasteiger partial charge in [0.2, 0.25) is 0 Å². The fourth-order valence-corrected chi connectivity index (χ4v) is 7.58. The van der Waals surface area contributed by atoms with Crippen molar-refractivity contribution in [2.24, 2.45) is 0 Å². The lowest BCUT2D eigenvalue weighted by atomic mass is 10.1. The van der Waals surface area contributed by atoms with Crippen LogP contribution in [0.1, 0.15) is 226 Å². The van der Waals surface area contributed by atoms with E-state index in [2.05, 4.69) is 203 Å². The molecule has 0 heterocycles. The van der Waals surface area contributed by atoms with Crippen LogP contribution in [0.5, 0.6) is 0 Å². The van der Waals surface area contributed by atoms with Gasteiger partial charge in [0, 0.05) is 19.3 Å². The molecule has 0 bridgehead atoms. The fraction of sp³-hybridized carbons (Fsp3) is 0.521. The van der Waals surface area contributed by atoms with Gasteiger partial charge in [0.05, 0.1) is 0 Å². The zero-order chi connectivity index (χ0) is 57.1. The van der Waals surface area contributed by atoms with Crippen LogP contribution in [0.25, 0.3) is 0 Å². The third-order valence-corrected chi connectivity index (χ3v) is 12.1. The highest BCUT2D eigenvalue weighted by atomic mass is 16.6. The quantitative estimate of drug-likeness (QED) is 0.0261. The summed E-state index contributed by atoms with van der Waals surface area (Å²) in [5.74, 6) is -1.06. The van der Waals surface area contributed by atoms with Crippen LogP contribution in [-0.4, -0.2) is 37.2 Å². The number of rotatable bonds is 53. The van der Waals surface area contributed by atoms with Crippen molar-refractivity contribution in [3.8, 4) is 0 Å². The van der Waals surface area contributed by atoms with Crippen molar-refractivity contribution in [3.63, 3.8) is 0 Å². The Bertz CT molecular complexity index is 1920. The van der Waals surface area contributed by atoms with Gasteiger partial charge in [-0.1, -0.05) is 254 Å². The Labute approximate surface area is 484 Å². The normalized spacial score (nSPS) is 13.5. The molecular formula is C73H110O6. The first-order chi connectivity index (χ1) is 39.0. The second-order valence-corrected chi connectivity index (χ2v) is 19.5. The maximum absolute atomic E-state index is 12.9. The molecule has 0 saturated heterocycles. The highest BCUT2D eigenvalue weighted by Crippen LogP contribution is 2.12. The van der Waals surface area contributed by atoms with Crippen molar-refractivity contribution < 1.29 is 28.6 Å². The van der Waals surface area contributed by atoms with Crippen LogP contribution in [0.2, 0.25) is 0 Å². The minimum Gasteiger partial charge on any atom is -0.462 e. The van der Waals surface area contributed by atoms with Crippen LogP contribution in [0.15, 0.2) is 194 Å². The summed E-state index contributed by atoms with van der Waals surface area (Å²) in [4.78, 5) is 38.2. The summed E-state index contributed by atoms with van der Waals surface area (Å²) in [6.07, 6.45) is 98.8. The molecule has 0 aromatic carbocycles. The molecule has 438 valence electrons. The van der Waals surface area contributed by atoms with Gasteiger partial charge in [-0.25, -0.2) is 0 Å². The Balaban J connectivity index is 4.40. The predicted molar refractivity (Wildman–Crippen MR) is 343 cm³/mol. The molecule has 0 spiro atoms. The highest BCUT2D eigenvalue weighted by molar-refractivity contribution is 5.71. The number of esters is 3. The molecule has 6 nitrogen and oxygen atoms in total. The van der Waals surface area contributed by atoms with Crippen molar-refractivity contribution in [1.29, 1.82) is 0 Å². The summed E-state index contributed by atoms with van der Waals surface area (Å²) in [5, 5.41) is 0. The zero-order valence-electron chi connectivity index (χ0n) is 50.0. The van der Waals surface area contributed by atoms with Gasteiger partial charge >= 0.3 is 17.9 Å². The maximum Gasteiger partial charge on any atom is 0.306 e. The Morgan fingerprint density at radius 3 is 0.785 bits per heavy atom. The summed E-state index contributed by atoms with van der Waals surface area (Å²) in [6, 6.07) is 0. The van der Waals surface area contributed by atoms with Crippen molar-refractivity contribution in [2.45, 2.75) is 232 Å². The van der Waals surface area contributed by atoms with Crippen LogP contribution in [0, 0.1) is 0 Å². The molecule has 0 aliphatic carbocycles. The van der Waals surface area contributed by atoms with Gasteiger partial charge in [-0.3, -0.25) is 14.4 Å². The summed E-state index contributed by atoms with van der Waals surface area (Å²) in [6.45, 7) is 6.18. The zero-order valence-corrected chi connectivity index (χ0v) is 50.0. The van der Waals surface area contributed by atoms with Gasteiger partial charge < -0.3 is 14.2 Å². The number of hydrogen-bond donors (Lipinski definition) is 0. The van der Waals surface area contributed by atoms with Crippen LogP contribution >= 0.6 is 0 Å². The summed E-state index contributed by atoms with van der Waals surface area (Å²) >= 11 is 0. The number of carbonyl (C=O) groups excluding carboxylic acids is 3. The fourth-order valence-electron chi connectivity index (χ4n) is 7.58. The second kappa shape index (κ2) is 64.8. The molecule has 0 fully saturated rings. The molecule has 0 amide bonds. The topological polar surface area (TPSA) is 78.9 Å². The van der Waals surface area contributed by atoms with E-state index in [1.807, 2.05) is 12.2 Å². The predicted octanol–water partition coefficient (Wildman–Crippen LogP) is 21.4. The lowest BCUT2D eigenvalue weighted by Crippen LogP contribution is -2.30. The molecule has 0 aromatic heterocycles. The van der Waals surface area contributed by atoms with E-state index in [9.17, 15) is 14.4 Å². The van der Waals surface area contributed by atoms with E-state index in [0.29, 0.717) is 12.8 Å². The van der Waals surface area contributed by atoms with Crippen molar-refractivity contribution in [1.82, 2.24) is 0 Å². The van der Waals surface area contributed by atoms with Crippen LogP contribution < -0.4 is 0 Å².